The summed E-state index contributed by atoms with van der Waals surface area (Å²) < 4.78 is 14.5. The molecule has 1 aliphatic carbocycles. The third-order valence-corrected chi connectivity index (χ3v) is 5.71. The van der Waals surface area contributed by atoms with Crippen LogP contribution in [-0.4, -0.2) is 22.8 Å². The van der Waals surface area contributed by atoms with Crippen molar-refractivity contribution in [2.75, 3.05) is 4.90 Å². The minimum Gasteiger partial charge on any atom is -0.478 e. The van der Waals surface area contributed by atoms with Crippen LogP contribution in [-0.2, 0) is 9.59 Å². The van der Waals surface area contributed by atoms with Crippen molar-refractivity contribution in [1.29, 1.82) is 0 Å². The summed E-state index contributed by atoms with van der Waals surface area (Å²) in [6, 6.07) is 10.2. The fraction of sp³-hybridized carbons (Fsp3) is 0.227. The van der Waals surface area contributed by atoms with E-state index in [-0.39, 0.29) is 34.4 Å². The number of allylic oxidation sites excluding steroid dienone is 2. The Morgan fingerprint density at radius 3 is 2.62 bits per heavy atom. The van der Waals surface area contributed by atoms with Crippen LogP contribution in [0.4, 0.5) is 10.1 Å². The van der Waals surface area contributed by atoms with Crippen molar-refractivity contribution in [2.45, 2.75) is 31.6 Å². The maximum atomic E-state index is 14.5. The fourth-order valence-corrected chi connectivity index (χ4v) is 4.31. The third-order valence-electron chi connectivity index (χ3n) is 5.39. The molecule has 2 aromatic rings. The van der Waals surface area contributed by atoms with Crippen LogP contribution in [0.5, 0.6) is 0 Å². The topological polar surface area (TPSA) is 74.7 Å². The molecule has 5 nitrogen and oxygen atoms in total. The summed E-state index contributed by atoms with van der Waals surface area (Å²) in [5.41, 5.74) is 1.42. The SMILES string of the molecule is O=C1CCCC2=C1C(c1ccccc1F)CC(=O)N2c1cc(C(=O)O)ccc1Cl. The summed E-state index contributed by atoms with van der Waals surface area (Å²) in [7, 11) is 0. The van der Waals surface area contributed by atoms with E-state index >= 15 is 0 Å². The molecule has 1 aliphatic heterocycles. The highest BCUT2D eigenvalue weighted by Crippen LogP contribution is 2.45. The molecule has 4 rings (SSSR count). The number of amides is 1. The zero-order valence-electron chi connectivity index (χ0n) is 15.3. The van der Waals surface area contributed by atoms with Gasteiger partial charge in [-0.3, -0.25) is 14.5 Å². The third kappa shape index (κ3) is 3.34. The zero-order valence-corrected chi connectivity index (χ0v) is 16.1. The van der Waals surface area contributed by atoms with E-state index in [1.807, 2.05) is 0 Å². The van der Waals surface area contributed by atoms with Gasteiger partial charge in [0.15, 0.2) is 5.78 Å². The first-order chi connectivity index (χ1) is 13.9. The first-order valence-electron chi connectivity index (χ1n) is 9.25. The molecule has 2 aliphatic rings. The predicted octanol–water partition coefficient (Wildman–Crippen LogP) is 4.70. The van der Waals surface area contributed by atoms with Gasteiger partial charge in [-0.25, -0.2) is 9.18 Å². The van der Waals surface area contributed by atoms with Gasteiger partial charge in [0, 0.05) is 30.0 Å². The number of hydrogen-bond acceptors (Lipinski definition) is 3. The van der Waals surface area contributed by atoms with E-state index in [9.17, 15) is 23.9 Å². The lowest BCUT2D eigenvalue weighted by Gasteiger charge is -2.38. The van der Waals surface area contributed by atoms with E-state index in [0.717, 1.165) is 0 Å². The van der Waals surface area contributed by atoms with Gasteiger partial charge in [-0.05, 0) is 42.7 Å². The molecule has 0 spiro atoms. The van der Waals surface area contributed by atoms with Crippen LogP contribution in [0, 0.1) is 5.82 Å². The number of carboxylic acids is 1. The van der Waals surface area contributed by atoms with Crippen LogP contribution in [0.15, 0.2) is 53.7 Å². The molecule has 0 saturated carbocycles. The second-order valence-corrected chi connectivity index (χ2v) is 7.52. The highest BCUT2D eigenvalue weighted by Gasteiger charge is 2.41. The molecule has 1 N–H and O–H groups in total. The Balaban J connectivity index is 1.91. The molecular weight excluding hydrogens is 397 g/mol. The molecule has 148 valence electrons. The first kappa shape index (κ1) is 19.3. The highest BCUT2D eigenvalue weighted by molar-refractivity contribution is 6.34. The molecule has 1 unspecified atom stereocenters. The molecule has 0 fully saturated rings. The Bertz CT molecular complexity index is 1080. The second-order valence-electron chi connectivity index (χ2n) is 7.12. The van der Waals surface area contributed by atoms with Crippen LogP contribution in [0.1, 0.15) is 47.5 Å². The molecule has 7 heteroatoms. The smallest absolute Gasteiger partial charge is 0.335 e. The number of halogens is 2. The lowest BCUT2D eigenvalue weighted by Crippen LogP contribution is -2.41. The van der Waals surface area contributed by atoms with Crippen LogP contribution in [0.2, 0.25) is 5.02 Å². The van der Waals surface area contributed by atoms with Crippen LogP contribution in [0.25, 0.3) is 0 Å². The quantitative estimate of drug-likeness (QED) is 0.791. The van der Waals surface area contributed by atoms with Crippen molar-refractivity contribution in [3.05, 3.63) is 75.7 Å². The summed E-state index contributed by atoms with van der Waals surface area (Å²) in [5, 5.41) is 9.51. The van der Waals surface area contributed by atoms with Crippen molar-refractivity contribution in [1.82, 2.24) is 0 Å². The Hall–Kier alpha value is -2.99. The minimum absolute atomic E-state index is 0.0160. The van der Waals surface area contributed by atoms with E-state index < -0.39 is 17.7 Å². The van der Waals surface area contributed by atoms with Crippen molar-refractivity contribution in [3.63, 3.8) is 0 Å². The number of hydrogen-bond donors (Lipinski definition) is 1. The number of nitrogens with zero attached hydrogens (tertiary/aromatic N) is 1. The van der Waals surface area contributed by atoms with E-state index in [1.54, 1.807) is 18.2 Å². The number of benzene rings is 2. The summed E-state index contributed by atoms with van der Waals surface area (Å²) in [6.07, 6.45) is 1.24. The fourth-order valence-electron chi connectivity index (χ4n) is 4.11. The van der Waals surface area contributed by atoms with Gasteiger partial charge in [-0.15, -0.1) is 0 Å². The molecule has 1 amide bonds. The van der Waals surface area contributed by atoms with E-state index in [4.69, 9.17) is 11.6 Å². The van der Waals surface area contributed by atoms with Crippen LogP contribution < -0.4 is 4.90 Å². The van der Waals surface area contributed by atoms with Gasteiger partial charge in [-0.2, -0.15) is 0 Å². The molecule has 1 atom stereocenters. The van der Waals surface area contributed by atoms with Gasteiger partial charge in [-0.1, -0.05) is 29.8 Å². The summed E-state index contributed by atoms with van der Waals surface area (Å²) in [5.74, 6) is -2.75. The lowest BCUT2D eigenvalue weighted by molar-refractivity contribution is -0.120. The molecule has 29 heavy (non-hydrogen) atoms. The second kappa shape index (κ2) is 7.44. The van der Waals surface area contributed by atoms with Crippen molar-refractivity contribution in [3.8, 4) is 0 Å². The van der Waals surface area contributed by atoms with E-state index in [1.165, 1.54) is 29.2 Å². The Morgan fingerprint density at radius 2 is 1.90 bits per heavy atom. The van der Waals surface area contributed by atoms with Gasteiger partial charge in [0.2, 0.25) is 5.91 Å². The monoisotopic (exact) mass is 413 g/mol. The summed E-state index contributed by atoms with van der Waals surface area (Å²) in [6.45, 7) is 0. The first-order valence-corrected chi connectivity index (χ1v) is 9.62. The van der Waals surface area contributed by atoms with Gasteiger partial charge >= 0.3 is 5.97 Å². The average molecular weight is 414 g/mol. The number of aromatic carboxylic acids is 1. The lowest BCUT2D eigenvalue weighted by atomic mass is 9.77. The van der Waals surface area contributed by atoms with Crippen LogP contribution in [0.3, 0.4) is 0 Å². The standard InChI is InChI=1S/C22H17ClFNO4/c23-15-9-8-12(22(28)29)10-18(15)25-17-6-3-7-19(26)21(17)14(11-20(25)27)13-4-1-2-5-16(13)24/h1-2,4-5,8-10,14H,3,6-7,11H2,(H,28,29). The Labute approximate surface area is 171 Å². The molecule has 0 saturated heterocycles. The number of rotatable bonds is 3. The number of carbonyl (C=O) groups excluding carboxylic acids is 2. The average Bonchev–Trinajstić information content (AvgIpc) is 2.68. The van der Waals surface area contributed by atoms with Gasteiger partial charge in [0.05, 0.1) is 16.3 Å². The Morgan fingerprint density at radius 1 is 1.14 bits per heavy atom. The number of anilines is 1. The largest absolute Gasteiger partial charge is 0.478 e. The number of carboxylic acid groups (broad SMARTS) is 1. The van der Waals surface area contributed by atoms with Crippen LogP contribution >= 0.6 is 11.6 Å². The molecule has 0 radical (unpaired) electrons. The Kier molecular flexibility index (Phi) is 4.96. The van der Waals surface area contributed by atoms with Gasteiger partial charge in [0.25, 0.3) is 0 Å². The molecular formula is C22H17ClFNO4. The maximum Gasteiger partial charge on any atom is 0.335 e. The number of ketones is 1. The summed E-state index contributed by atoms with van der Waals surface area (Å²) >= 11 is 6.29. The molecule has 0 bridgehead atoms. The van der Waals surface area contributed by atoms with Crippen molar-refractivity contribution >= 4 is 34.9 Å². The molecule has 1 heterocycles. The van der Waals surface area contributed by atoms with Crippen molar-refractivity contribution in [2.24, 2.45) is 0 Å². The van der Waals surface area contributed by atoms with Crippen molar-refractivity contribution < 1.29 is 23.9 Å². The highest BCUT2D eigenvalue weighted by atomic mass is 35.5. The zero-order chi connectivity index (χ0) is 20.7. The number of Topliss-reactive ketones (excluding diaryl/α,β-unsaturated/α-hetero) is 1. The molecule has 2 aromatic carbocycles. The minimum atomic E-state index is -1.15. The van der Waals surface area contributed by atoms with Gasteiger partial charge < -0.3 is 5.11 Å². The van der Waals surface area contributed by atoms with E-state index in [0.29, 0.717) is 36.1 Å². The summed E-state index contributed by atoms with van der Waals surface area (Å²) in [4.78, 5) is 38.7. The van der Waals surface area contributed by atoms with E-state index in [2.05, 4.69) is 0 Å². The predicted molar refractivity (Wildman–Crippen MR) is 106 cm³/mol. The maximum absolute atomic E-state index is 14.5. The molecule has 0 aromatic heterocycles. The normalized spacial score (nSPS) is 19.4. The number of carbonyl (C=O) groups is 3. The van der Waals surface area contributed by atoms with Gasteiger partial charge in [0.1, 0.15) is 5.82 Å².